The van der Waals surface area contributed by atoms with Crippen LogP contribution in [0.25, 0.3) is 0 Å². The molecular formula is C21H28N2O. The Morgan fingerprint density at radius 2 is 1.58 bits per heavy atom. The number of hydrogen-bond donors (Lipinski definition) is 1. The molecule has 1 aliphatic heterocycles. The van der Waals surface area contributed by atoms with Crippen LogP contribution in [0.4, 0.5) is 0 Å². The van der Waals surface area contributed by atoms with Crippen molar-refractivity contribution in [2.24, 2.45) is 5.16 Å². The highest BCUT2D eigenvalue weighted by atomic mass is 16.4. The number of fused-ring (bicyclic) bond motifs is 1. The first-order valence-electron chi connectivity index (χ1n) is 9.20. The second-order valence-electron chi connectivity index (χ2n) is 6.73. The highest BCUT2D eigenvalue weighted by Crippen LogP contribution is 2.24. The first-order valence-corrected chi connectivity index (χ1v) is 9.20. The Balaban J connectivity index is 1.76. The van der Waals surface area contributed by atoms with Crippen LogP contribution in [0.2, 0.25) is 0 Å². The van der Waals surface area contributed by atoms with Crippen LogP contribution >= 0.6 is 0 Å². The van der Waals surface area contributed by atoms with E-state index in [0.717, 1.165) is 63.7 Å². The molecule has 1 aromatic carbocycles. The average molecular weight is 324 g/mol. The molecular weight excluding hydrogens is 296 g/mol. The quantitative estimate of drug-likeness (QED) is 0.461. The van der Waals surface area contributed by atoms with E-state index in [1.54, 1.807) is 0 Å². The van der Waals surface area contributed by atoms with Crippen LogP contribution in [0.1, 0.15) is 49.7 Å². The Bertz CT molecular complexity index is 618. The predicted molar refractivity (Wildman–Crippen MR) is 99.5 cm³/mol. The summed E-state index contributed by atoms with van der Waals surface area (Å²) in [6, 6.07) is 8.96. The molecule has 3 nitrogen and oxygen atoms in total. The fourth-order valence-corrected chi connectivity index (χ4v) is 3.78. The fourth-order valence-electron chi connectivity index (χ4n) is 3.78. The van der Waals surface area contributed by atoms with E-state index in [9.17, 15) is 5.21 Å². The van der Waals surface area contributed by atoms with Gasteiger partial charge in [-0.2, -0.15) is 0 Å². The van der Waals surface area contributed by atoms with E-state index in [1.807, 2.05) is 0 Å². The molecule has 0 saturated carbocycles. The van der Waals surface area contributed by atoms with E-state index >= 15 is 0 Å². The fraction of sp³-hybridized carbons (Fsp3) is 0.476. The molecule has 2 aliphatic rings. The summed E-state index contributed by atoms with van der Waals surface area (Å²) in [5.41, 5.74) is 3.82. The number of allylic oxidation sites excluding steroid dienone is 4. The summed E-state index contributed by atoms with van der Waals surface area (Å²) < 4.78 is 0. The van der Waals surface area contributed by atoms with Crippen molar-refractivity contribution in [3.8, 4) is 0 Å². The summed E-state index contributed by atoms with van der Waals surface area (Å²) >= 11 is 0. The lowest BCUT2D eigenvalue weighted by molar-refractivity contribution is 0.206. The van der Waals surface area contributed by atoms with Gasteiger partial charge in [0.05, 0.1) is 11.8 Å². The van der Waals surface area contributed by atoms with E-state index in [1.165, 1.54) is 11.1 Å². The van der Waals surface area contributed by atoms with E-state index in [-0.39, 0.29) is 6.04 Å². The van der Waals surface area contributed by atoms with Gasteiger partial charge < -0.3 is 5.21 Å². The average Bonchev–Trinajstić information content (AvgIpc) is 2.62. The van der Waals surface area contributed by atoms with Crippen LogP contribution in [0.5, 0.6) is 0 Å². The lowest BCUT2D eigenvalue weighted by Crippen LogP contribution is -2.44. The Morgan fingerprint density at radius 1 is 0.875 bits per heavy atom. The number of oxime groups is 1. The van der Waals surface area contributed by atoms with Crippen LogP contribution in [-0.2, 0) is 13.0 Å². The van der Waals surface area contributed by atoms with Crippen molar-refractivity contribution in [3.63, 3.8) is 0 Å². The summed E-state index contributed by atoms with van der Waals surface area (Å²) in [5, 5.41) is 13.3. The zero-order valence-electron chi connectivity index (χ0n) is 14.4. The van der Waals surface area contributed by atoms with Crippen LogP contribution in [-0.4, -0.2) is 28.4 Å². The third-order valence-corrected chi connectivity index (χ3v) is 5.12. The van der Waals surface area contributed by atoms with Gasteiger partial charge in [0.1, 0.15) is 0 Å². The van der Waals surface area contributed by atoms with Gasteiger partial charge in [-0.25, -0.2) is 0 Å². The van der Waals surface area contributed by atoms with Gasteiger partial charge >= 0.3 is 0 Å². The molecule has 1 N–H and O–H groups in total. The van der Waals surface area contributed by atoms with Crippen molar-refractivity contribution >= 4 is 5.71 Å². The van der Waals surface area contributed by atoms with Crippen molar-refractivity contribution in [2.75, 3.05) is 6.54 Å². The first kappa shape index (κ1) is 17.0. The Kier molecular flexibility index (Phi) is 6.25. The van der Waals surface area contributed by atoms with Crippen LogP contribution in [0.3, 0.4) is 0 Å². The van der Waals surface area contributed by atoms with E-state index in [4.69, 9.17) is 0 Å². The van der Waals surface area contributed by atoms with Crippen molar-refractivity contribution in [1.29, 1.82) is 0 Å². The number of benzene rings is 1. The number of nitrogens with zero attached hydrogens (tertiary/aromatic N) is 2. The topological polar surface area (TPSA) is 35.8 Å². The van der Waals surface area contributed by atoms with Crippen LogP contribution in [0, 0.1) is 0 Å². The van der Waals surface area contributed by atoms with Crippen molar-refractivity contribution in [2.45, 2.75) is 57.5 Å². The number of rotatable bonds is 1. The molecule has 3 rings (SSSR count). The highest BCUT2D eigenvalue weighted by Gasteiger charge is 2.26. The monoisotopic (exact) mass is 324 g/mol. The van der Waals surface area contributed by atoms with Gasteiger partial charge in [-0.3, -0.25) is 4.90 Å². The molecule has 128 valence electrons. The maximum atomic E-state index is 9.61. The van der Waals surface area contributed by atoms with Gasteiger partial charge in [-0.1, -0.05) is 53.7 Å². The largest absolute Gasteiger partial charge is 0.411 e. The minimum atomic E-state index is 0.237. The predicted octanol–water partition coefficient (Wildman–Crippen LogP) is 4.71. The summed E-state index contributed by atoms with van der Waals surface area (Å²) in [7, 11) is 0. The first-order chi connectivity index (χ1) is 11.9. The zero-order valence-corrected chi connectivity index (χ0v) is 14.4. The second-order valence-corrected chi connectivity index (χ2v) is 6.73. The zero-order chi connectivity index (χ0) is 16.6. The Labute approximate surface area is 145 Å². The van der Waals surface area contributed by atoms with Gasteiger partial charge in [-0.05, 0) is 56.1 Å². The molecule has 24 heavy (non-hydrogen) atoms. The summed E-state index contributed by atoms with van der Waals surface area (Å²) in [4.78, 5) is 2.50. The molecule has 1 unspecified atom stereocenters. The van der Waals surface area contributed by atoms with Crippen molar-refractivity contribution in [3.05, 3.63) is 59.7 Å². The van der Waals surface area contributed by atoms with Gasteiger partial charge in [0.15, 0.2) is 0 Å². The van der Waals surface area contributed by atoms with Gasteiger partial charge in [0.25, 0.3) is 0 Å². The molecule has 0 bridgehead atoms. The van der Waals surface area contributed by atoms with Gasteiger partial charge in [0, 0.05) is 13.1 Å². The molecule has 0 spiro atoms. The van der Waals surface area contributed by atoms with Crippen LogP contribution in [0.15, 0.2) is 53.7 Å². The lowest BCUT2D eigenvalue weighted by atomic mass is 9.94. The molecule has 3 heteroatoms. The molecule has 1 aromatic rings. The van der Waals surface area contributed by atoms with Gasteiger partial charge in [-0.15, -0.1) is 0 Å². The van der Waals surface area contributed by atoms with E-state index in [2.05, 4.69) is 58.6 Å². The lowest BCUT2D eigenvalue weighted by Gasteiger charge is -2.36. The molecule has 0 saturated heterocycles. The van der Waals surface area contributed by atoms with Crippen molar-refractivity contribution < 1.29 is 5.21 Å². The van der Waals surface area contributed by atoms with Crippen LogP contribution < -0.4 is 0 Å². The molecule has 0 aromatic heterocycles. The van der Waals surface area contributed by atoms with E-state index in [0.29, 0.717) is 0 Å². The molecule has 0 radical (unpaired) electrons. The molecule has 1 aliphatic carbocycles. The maximum Gasteiger partial charge on any atom is 0.0745 e. The molecule has 1 heterocycles. The Hall–Kier alpha value is -1.87. The third kappa shape index (κ3) is 4.35. The Morgan fingerprint density at radius 3 is 2.38 bits per heavy atom. The highest BCUT2D eigenvalue weighted by molar-refractivity contribution is 5.89. The summed E-state index contributed by atoms with van der Waals surface area (Å²) in [5.74, 6) is 0. The number of hydrogen-bond acceptors (Lipinski definition) is 3. The SMILES string of the molecule is O/N=C1/CC/C=C/CC/C=C/CCC1N1CCc2ccccc2C1. The minimum absolute atomic E-state index is 0.237. The summed E-state index contributed by atoms with van der Waals surface area (Å²) in [6.07, 6.45) is 16.2. The standard InChI is InChI=1S/C21H28N2O/c24-22-20-13-7-5-3-1-2-4-6-8-14-21(20)23-16-15-18-11-9-10-12-19(18)17-23/h3-6,9-12,21,24H,1-2,7-8,13-17H2/b5-3+,6-4+,22-20-. The third-order valence-electron chi connectivity index (χ3n) is 5.12. The molecule has 0 amide bonds. The summed E-state index contributed by atoms with van der Waals surface area (Å²) in [6.45, 7) is 2.00. The van der Waals surface area contributed by atoms with Crippen molar-refractivity contribution in [1.82, 2.24) is 4.90 Å². The minimum Gasteiger partial charge on any atom is -0.411 e. The van der Waals surface area contributed by atoms with Gasteiger partial charge in [0.2, 0.25) is 0 Å². The molecule has 0 fully saturated rings. The normalized spacial score (nSPS) is 27.7. The maximum absolute atomic E-state index is 9.61. The smallest absolute Gasteiger partial charge is 0.0745 e. The van der Waals surface area contributed by atoms with E-state index < -0.39 is 0 Å². The molecule has 1 atom stereocenters. The second kappa shape index (κ2) is 8.84.